The number of hydrogen-bond acceptors (Lipinski definition) is 5. The van der Waals surface area contributed by atoms with Crippen LogP contribution in [0.25, 0.3) is 11.0 Å². The Bertz CT molecular complexity index is 798. The largest absolute Gasteiger partial charge is 0.350 e. The summed E-state index contributed by atoms with van der Waals surface area (Å²) in [4.78, 5) is 43.3. The van der Waals surface area contributed by atoms with E-state index in [2.05, 4.69) is 25.6 Å². The van der Waals surface area contributed by atoms with Crippen LogP contribution in [-0.4, -0.2) is 40.0 Å². The van der Waals surface area contributed by atoms with Gasteiger partial charge in [0, 0.05) is 18.8 Å². The van der Waals surface area contributed by atoms with Crippen molar-refractivity contribution in [3.8, 4) is 0 Å². The van der Waals surface area contributed by atoms with Gasteiger partial charge in [-0.05, 0) is 25.5 Å². The molecule has 1 aliphatic heterocycles. The van der Waals surface area contributed by atoms with Crippen molar-refractivity contribution in [3.05, 3.63) is 38.7 Å². The van der Waals surface area contributed by atoms with Crippen molar-refractivity contribution >= 4 is 41.8 Å². The van der Waals surface area contributed by atoms with E-state index in [1.54, 1.807) is 0 Å². The van der Waals surface area contributed by atoms with Crippen LogP contribution in [0.3, 0.4) is 0 Å². The van der Waals surface area contributed by atoms with Gasteiger partial charge in [0.15, 0.2) is 0 Å². The quantitative estimate of drug-likeness (QED) is 0.610. The third-order valence-corrected chi connectivity index (χ3v) is 3.52. The van der Waals surface area contributed by atoms with Gasteiger partial charge in [0.25, 0.3) is 11.5 Å². The molecule has 1 fully saturated rings. The molecule has 8 nitrogen and oxygen atoms in total. The van der Waals surface area contributed by atoms with Crippen molar-refractivity contribution in [2.24, 2.45) is 0 Å². The summed E-state index contributed by atoms with van der Waals surface area (Å²) < 4.78 is 0. The van der Waals surface area contributed by atoms with E-state index in [-0.39, 0.29) is 47.3 Å². The average Bonchev–Trinajstić information content (AvgIpc) is 2.97. The fraction of sp³-hybridized carbons (Fsp3) is 0.385. The van der Waals surface area contributed by atoms with Gasteiger partial charge in [-0.1, -0.05) is 0 Å². The number of carbonyl (C=O) groups is 1. The number of aromatic nitrogens is 3. The predicted molar refractivity (Wildman–Crippen MR) is 90.8 cm³/mol. The molecule has 23 heavy (non-hydrogen) atoms. The molecule has 0 saturated carbocycles. The first-order chi connectivity index (χ1) is 10.1. The first-order valence-electron chi connectivity index (χ1n) is 6.77. The Labute approximate surface area is 143 Å². The van der Waals surface area contributed by atoms with Crippen molar-refractivity contribution in [2.45, 2.75) is 18.9 Å². The number of hydrogen-bond donors (Lipinski definition) is 4. The van der Waals surface area contributed by atoms with Crippen molar-refractivity contribution in [1.29, 1.82) is 0 Å². The molecular formula is C13H17Cl2N5O3. The second-order valence-corrected chi connectivity index (χ2v) is 5.03. The zero-order valence-electron chi connectivity index (χ0n) is 12.0. The molecule has 1 saturated heterocycles. The van der Waals surface area contributed by atoms with Crippen LogP contribution in [0.2, 0.25) is 0 Å². The van der Waals surface area contributed by atoms with E-state index in [0.717, 1.165) is 19.4 Å². The summed E-state index contributed by atoms with van der Waals surface area (Å²) in [6, 6.07) is 1.72. The number of nitrogens with zero attached hydrogens (tertiary/aromatic N) is 1. The minimum absolute atomic E-state index is 0. The van der Waals surface area contributed by atoms with E-state index >= 15 is 0 Å². The Morgan fingerprint density at radius 1 is 1.30 bits per heavy atom. The summed E-state index contributed by atoms with van der Waals surface area (Å²) in [6.07, 6.45) is 3.49. The lowest BCUT2D eigenvalue weighted by Gasteiger charge is -2.11. The highest BCUT2D eigenvalue weighted by Gasteiger charge is 2.16. The summed E-state index contributed by atoms with van der Waals surface area (Å²) in [5.41, 5.74) is -0.728. The second-order valence-electron chi connectivity index (χ2n) is 5.03. The SMILES string of the molecule is Cl.Cl.O=C(NCC1CCCN1)c1cnc2[nH]c(=O)[nH]c(=O)c2c1. The highest BCUT2D eigenvalue weighted by molar-refractivity contribution is 5.96. The van der Waals surface area contributed by atoms with Crippen LogP contribution in [0.15, 0.2) is 21.9 Å². The van der Waals surface area contributed by atoms with E-state index in [1.807, 2.05) is 0 Å². The summed E-state index contributed by atoms with van der Waals surface area (Å²) in [5, 5.41) is 6.28. The maximum atomic E-state index is 12.1. The fourth-order valence-electron chi connectivity index (χ4n) is 2.42. The monoisotopic (exact) mass is 361 g/mol. The standard InChI is InChI=1S/C13H15N5O3.2ClH/c19-11(16-6-8-2-1-3-14-8)7-4-9-10(15-5-7)17-13(21)18-12(9)20;;/h4-5,8,14H,1-3,6H2,(H,16,19)(H2,15,17,18,20,21);2*1H. The number of fused-ring (bicyclic) bond motifs is 1. The number of H-pyrrole nitrogens is 2. The average molecular weight is 362 g/mol. The first kappa shape index (κ1) is 19.1. The highest BCUT2D eigenvalue weighted by Crippen LogP contribution is 2.06. The predicted octanol–water partition coefficient (Wildman–Crippen LogP) is -0.0632. The summed E-state index contributed by atoms with van der Waals surface area (Å²) in [6.45, 7) is 1.51. The van der Waals surface area contributed by atoms with Crippen LogP contribution in [0.1, 0.15) is 23.2 Å². The van der Waals surface area contributed by atoms with Gasteiger partial charge in [0.2, 0.25) is 0 Å². The lowest BCUT2D eigenvalue weighted by atomic mass is 10.2. The third-order valence-electron chi connectivity index (χ3n) is 3.52. The molecule has 126 valence electrons. The van der Waals surface area contributed by atoms with E-state index in [4.69, 9.17) is 0 Å². The molecule has 0 aliphatic carbocycles. The van der Waals surface area contributed by atoms with E-state index in [9.17, 15) is 14.4 Å². The molecule has 0 radical (unpaired) electrons. The van der Waals surface area contributed by atoms with Gasteiger partial charge in [-0.3, -0.25) is 19.6 Å². The molecule has 1 amide bonds. The molecule has 3 rings (SSSR count). The van der Waals surface area contributed by atoms with Gasteiger partial charge in [-0.15, -0.1) is 24.8 Å². The Morgan fingerprint density at radius 2 is 2.09 bits per heavy atom. The second kappa shape index (κ2) is 8.09. The van der Waals surface area contributed by atoms with Crippen LogP contribution in [0.4, 0.5) is 0 Å². The van der Waals surface area contributed by atoms with Gasteiger partial charge in [-0.2, -0.15) is 0 Å². The van der Waals surface area contributed by atoms with E-state index in [0.29, 0.717) is 12.6 Å². The van der Waals surface area contributed by atoms with E-state index in [1.165, 1.54) is 12.3 Å². The van der Waals surface area contributed by atoms with Crippen molar-refractivity contribution in [2.75, 3.05) is 13.1 Å². The van der Waals surface area contributed by atoms with Gasteiger partial charge in [0.1, 0.15) is 5.65 Å². The number of nitrogens with one attached hydrogen (secondary N) is 4. The summed E-state index contributed by atoms with van der Waals surface area (Å²) in [5.74, 6) is -0.288. The lowest BCUT2D eigenvalue weighted by molar-refractivity contribution is 0.0950. The lowest BCUT2D eigenvalue weighted by Crippen LogP contribution is -2.37. The number of rotatable bonds is 3. The number of aromatic amines is 2. The van der Waals surface area contributed by atoms with Gasteiger partial charge < -0.3 is 10.6 Å². The van der Waals surface area contributed by atoms with Crippen LogP contribution in [0.5, 0.6) is 0 Å². The molecule has 10 heteroatoms. The number of amides is 1. The normalized spacial score (nSPS) is 16.4. The molecule has 1 atom stereocenters. The molecule has 0 bridgehead atoms. The summed E-state index contributed by atoms with van der Waals surface area (Å²) >= 11 is 0. The Kier molecular flexibility index (Phi) is 6.74. The molecule has 4 N–H and O–H groups in total. The van der Waals surface area contributed by atoms with Crippen molar-refractivity contribution in [3.63, 3.8) is 0 Å². The van der Waals surface area contributed by atoms with Gasteiger partial charge >= 0.3 is 5.69 Å². The topological polar surface area (TPSA) is 120 Å². The zero-order valence-corrected chi connectivity index (χ0v) is 13.7. The fourth-order valence-corrected chi connectivity index (χ4v) is 2.42. The maximum absolute atomic E-state index is 12.1. The Balaban J connectivity index is 0.00000132. The minimum atomic E-state index is -0.621. The Morgan fingerprint density at radius 3 is 2.78 bits per heavy atom. The minimum Gasteiger partial charge on any atom is -0.350 e. The van der Waals surface area contributed by atoms with E-state index < -0.39 is 11.2 Å². The van der Waals surface area contributed by atoms with Gasteiger partial charge in [0.05, 0.1) is 10.9 Å². The molecule has 1 aliphatic rings. The molecule has 2 aromatic rings. The molecule has 1 unspecified atom stereocenters. The van der Waals surface area contributed by atoms with Crippen LogP contribution in [0, 0.1) is 0 Å². The van der Waals surface area contributed by atoms with Crippen molar-refractivity contribution in [1.82, 2.24) is 25.6 Å². The number of pyridine rings is 1. The molecule has 0 spiro atoms. The summed E-state index contributed by atoms with van der Waals surface area (Å²) in [7, 11) is 0. The Hall–Kier alpha value is -1.90. The van der Waals surface area contributed by atoms with Crippen LogP contribution < -0.4 is 21.9 Å². The molecule has 3 heterocycles. The third kappa shape index (κ3) is 4.31. The molecular weight excluding hydrogens is 345 g/mol. The molecule has 2 aromatic heterocycles. The van der Waals surface area contributed by atoms with Crippen LogP contribution >= 0.6 is 24.8 Å². The number of carbonyl (C=O) groups excluding carboxylic acids is 1. The first-order valence-corrected chi connectivity index (χ1v) is 6.77. The smallest absolute Gasteiger partial charge is 0.327 e. The zero-order chi connectivity index (χ0) is 14.8. The maximum Gasteiger partial charge on any atom is 0.327 e. The highest BCUT2D eigenvalue weighted by atomic mass is 35.5. The van der Waals surface area contributed by atoms with Crippen molar-refractivity contribution < 1.29 is 4.79 Å². The van der Waals surface area contributed by atoms with Gasteiger partial charge in [-0.25, -0.2) is 9.78 Å². The number of halogens is 2. The van der Waals surface area contributed by atoms with Crippen LogP contribution in [-0.2, 0) is 0 Å². The molecule has 0 aromatic carbocycles.